The van der Waals surface area contributed by atoms with Crippen LogP contribution in [0.2, 0.25) is 0 Å². The van der Waals surface area contributed by atoms with E-state index in [-0.39, 0.29) is 0 Å². The van der Waals surface area contributed by atoms with Gasteiger partial charge < -0.3 is 20.1 Å². The largest absolute Gasteiger partial charge is 0.479 e. The Balaban J connectivity index is 2.00. The number of morpholine rings is 1. The highest BCUT2D eigenvalue weighted by molar-refractivity contribution is 5.83. The first-order chi connectivity index (χ1) is 9.91. The number of rotatable bonds is 2. The summed E-state index contributed by atoms with van der Waals surface area (Å²) in [6.07, 6.45) is -0.605. The summed E-state index contributed by atoms with van der Waals surface area (Å²) in [7, 11) is 0. The third-order valence-electron chi connectivity index (χ3n) is 4.46. The molecule has 1 unspecified atom stereocenters. The summed E-state index contributed by atoms with van der Waals surface area (Å²) >= 11 is 0. The lowest BCUT2D eigenvalue weighted by Gasteiger charge is -2.30. The topological polar surface area (TPSA) is 64.8 Å². The van der Waals surface area contributed by atoms with Gasteiger partial charge in [-0.25, -0.2) is 0 Å². The molecule has 114 valence electrons. The first kappa shape index (κ1) is 14.2. The molecule has 0 spiro atoms. The summed E-state index contributed by atoms with van der Waals surface area (Å²) in [6, 6.07) is 4.19. The number of aryl methyl sites for hydroxylation is 1. The van der Waals surface area contributed by atoms with Gasteiger partial charge in [-0.05, 0) is 18.6 Å². The number of hydrogen-bond acceptors (Lipinski definition) is 4. The number of nitrogens with two attached hydrogens (primary N) is 1. The molecule has 0 aliphatic carbocycles. The van der Waals surface area contributed by atoms with Crippen molar-refractivity contribution in [3.8, 4) is 5.75 Å². The summed E-state index contributed by atoms with van der Waals surface area (Å²) in [5.74, 6) is 0.369. The number of nitrogens with zero attached hydrogens (tertiary/aromatic N) is 1. The second-order valence-corrected chi connectivity index (χ2v) is 6.36. The fourth-order valence-electron chi connectivity index (χ4n) is 3.48. The van der Waals surface area contributed by atoms with Crippen molar-refractivity contribution in [2.45, 2.75) is 32.3 Å². The average Bonchev–Trinajstić information content (AvgIpc) is 2.71. The number of ether oxygens (including phenoxy) is 2. The van der Waals surface area contributed by atoms with Gasteiger partial charge in [0.05, 0.1) is 13.2 Å². The van der Waals surface area contributed by atoms with Crippen LogP contribution in [-0.4, -0.2) is 38.3 Å². The van der Waals surface area contributed by atoms with Crippen LogP contribution in [0.4, 0.5) is 5.69 Å². The van der Waals surface area contributed by atoms with E-state index in [1.165, 1.54) is 0 Å². The molecule has 3 rings (SSSR count). The summed E-state index contributed by atoms with van der Waals surface area (Å²) in [6.45, 7) is 9.32. The zero-order valence-corrected chi connectivity index (χ0v) is 12.8. The van der Waals surface area contributed by atoms with E-state index >= 15 is 0 Å². The van der Waals surface area contributed by atoms with Crippen LogP contribution in [0.15, 0.2) is 12.1 Å². The Kier molecular flexibility index (Phi) is 3.32. The number of hydrogen-bond donors (Lipinski definition) is 1. The molecule has 0 aromatic heterocycles. The Morgan fingerprint density at radius 2 is 2.00 bits per heavy atom. The molecule has 1 saturated heterocycles. The molecule has 0 bridgehead atoms. The second-order valence-electron chi connectivity index (χ2n) is 6.36. The van der Waals surface area contributed by atoms with E-state index < -0.39 is 17.4 Å². The molecule has 21 heavy (non-hydrogen) atoms. The molecule has 2 aliphatic heterocycles. The van der Waals surface area contributed by atoms with Gasteiger partial charge in [-0.3, -0.25) is 4.79 Å². The summed E-state index contributed by atoms with van der Waals surface area (Å²) < 4.78 is 11.3. The van der Waals surface area contributed by atoms with Gasteiger partial charge in [-0.1, -0.05) is 13.8 Å². The number of carbonyl (C=O) groups excluding carboxylic acids is 1. The highest BCUT2D eigenvalue weighted by Crippen LogP contribution is 2.46. The van der Waals surface area contributed by atoms with Crippen LogP contribution in [0.5, 0.6) is 5.75 Å². The first-order valence-electron chi connectivity index (χ1n) is 7.35. The lowest BCUT2D eigenvalue weighted by molar-refractivity contribution is -0.126. The predicted octanol–water partition coefficient (Wildman–Crippen LogP) is 1.36. The SMILES string of the molecule is Cc1cc(N2CCOCC2)cc2c1C(C)(C)C(C(N)=O)O2. The third-order valence-corrected chi connectivity index (χ3v) is 4.46. The smallest absolute Gasteiger partial charge is 0.259 e. The van der Waals surface area contributed by atoms with Gasteiger partial charge in [-0.2, -0.15) is 0 Å². The average molecular weight is 290 g/mol. The van der Waals surface area contributed by atoms with Gasteiger partial charge >= 0.3 is 0 Å². The Morgan fingerprint density at radius 3 is 2.62 bits per heavy atom. The molecule has 1 aromatic carbocycles. The fourth-order valence-corrected chi connectivity index (χ4v) is 3.48. The zero-order valence-electron chi connectivity index (χ0n) is 12.8. The molecule has 5 nitrogen and oxygen atoms in total. The lowest BCUT2D eigenvalue weighted by atomic mass is 9.78. The molecule has 2 N–H and O–H groups in total. The summed E-state index contributed by atoms with van der Waals surface area (Å²) in [5.41, 5.74) is 8.45. The number of amides is 1. The van der Waals surface area contributed by atoms with Crippen molar-refractivity contribution in [2.24, 2.45) is 5.73 Å². The quantitative estimate of drug-likeness (QED) is 0.893. The number of fused-ring (bicyclic) bond motifs is 1. The maximum Gasteiger partial charge on any atom is 0.259 e. The van der Waals surface area contributed by atoms with Crippen molar-refractivity contribution in [3.63, 3.8) is 0 Å². The van der Waals surface area contributed by atoms with Crippen LogP contribution in [0.25, 0.3) is 0 Å². The van der Waals surface area contributed by atoms with Gasteiger partial charge in [0.25, 0.3) is 5.91 Å². The highest BCUT2D eigenvalue weighted by atomic mass is 16.5. The normalized spacial score (nSPS) is 23.6. The first-order valence-corrected chi connectivity index (χ1v) is 7.35. The monoisotopic (exact) mass is 290 g/mol. The highest BCUT2D eigenvalue weighted by Gasteiger charge is 2.46. The van der Waals surface area contributed by atoms with Gasteiger partial charge in [-0.15, -0.1) is 0 Å². The molecule has 1 atom stereocenters. The number of primary amides is 1. The molecular formula is C16H22N2O3. The zero-order chi connectivity index (χ0) is 15.2. The van der Waals surface area contributed by atoms with E-state index in [0.29, 0.717) is 0 Å². The van der Waals surface area contributed by atoms with Crippen molar-refractivity contribution in [1.82, 2.24) is 0 Å². The van der Waals surface area contributed by atoms with Gasteiger partial charge in [0, 0.05) is 35.8 Å². The Labute approximate surface area is 125 Å². The van der Waals surface area contributed by atoms with Crippen molar-refractivity contribution in [3.05, 3.63) is 23.3 Å². The van der Waals surface area contributed by atoms with Crippen molar-refractivity contribution in [1.29, 1.82) is 0 Å². The Hall–Kier alpha value is -1.75. The van der Waals surface area contributed by atoms with Crippen LogP contribution in [0.1, 0.15) is 25.0 Å². The van der Waals surface area contributed by atoms with E-state index in [2.05, 4.69) is 17.9 Å². The maximum atomic E-state index is 11.7. The minimum Gasteiger partial charge on any atom is -0.479 e. The molecule has 2 aliphatic rings. The molecule has 2 heterocycles. The molecule has 0 radical (unpaired) electrons. The lowest BCUT2D eigenvalue weighted by Crippen LogP contribution is -2.43. The number of benzene rings is 1. The van der Waals surface area contributed by atoms with Crippen molar-refractivity contribution >= 4 is 11.6 Å². The van der Waals surface area contributed by atoms with E-state index in [1.54, 1.807) is 0 Å². The Morgan fingerprint density at radius 1 is 1.33 bits per heavy atom. The van der Waals surface area contributed by atoms with Crippen molar-refractivity contribution in [2.75, 3.05) is 31.2 Å². The van der Waals surface area contributed by atoms with E-state index in [9.17, 15) is 4.79 Å². The predicted molar refractivity (Wildman–Crippen MR) is 80.8 cm³/mol. The fraction of sp³-hybridized carbons (Fsp3) is 0.562. The molecular weight excluding hydrogens is 268 g/mol. The van der Waals surface area contributed by atoms with E-state index in [4.69, 9.17) is 15.2 Å². The van der Waals surface area contributed by atoms with Crippen LogP contribution >= 0.6 is 0 Å². The summed E-state index contributed by atoms with van der Waals surface area (Å²) in [4.78, 5) is 13.9. The number of anilines is 1. The minimum atomic E-state index is -0.605. The van der Waals surface area contributed by atoms with Crippen LogP contribution in [0, 0.1) is 6.92 Å². The molecule has 1 amide bonds. The standard InChI is InChI=1S/C16H22N2O3/c1-10-8-11(18-4-6-20-7-5-18)9-12-13(10)16(2,3)14(21-12)15(17)19/h8-9,14H,4-7H2,1-3H3,(H2,17,19). The molecule has 1 fully saturated rings. The number of carbonyl (C=O) groups is 1. The second kappa shape index (κ2) is 4.91. The molecule has 0 saturated carbocycles. The van der Waals surface area contributed by atoms with E-state index in [0.717, 1.165) is 48.9 Å². The van der Waals surface area contributed by atoms with Crippen LogP contribution in [0.3, 0.4) is 0 Å². The van der Waals surface area contributed by atoms with Crippen molar-refractivity contribution < 1.29 is 14.3 Å². The summed E-state index contributed by atoms with van der Waals surface area (Å²) in [5, 5.41) is 0. The maximum absolute atomic E-state index is 11.7. The molecule has 5 heteroatoms. The minimum absolute atomic E-state index is 0.394. The third kappa shape index (κ3) is 2.25. The molecule has 1 aromatic rings. The van der Waals surface area contributed by atoms with Gasteiger partial charge in [0.2, 0.25) is 0 Å². The van der Waals surface area contributed by atoms with Crippen LogP contribution < -0.4 is 15.4 Å². The van der Waals surface area contributed by atoms with Gasteiger partial charge in [0.1, 0.15) is 5.75 Å². The van der Waals surface area contributed by atoms with Crippen LogP contribution in [-0.2, 0) is 14.9 Å². The Bertz CT molecular complexity index is 577. The van der Waals surface area contributed by atoms with Gasteiger partial charge in [0.15, 0.2) is 6.10 Å². The van der Waals surface area contributed by atoms with E-state index in [1.807, 2.05) is 19.9 Å².